The van der Waals surface area contributed by atoms with Crippen LogP contribution in [0.4, 0.5) is 13.2 Å². The van der Waals surface area contributed by atoms with E-state index in [0.29, 0.717) is 0 Å². The number of hydrogen-bond donors (Lipinski definition) is 1. The van der Waals surface area contributed by atoms with Crippen molar-refractivity contribution in [2.45, 2.75) is 18.7 Å². The predicted octanol–water partition coefficient (Wildman–Crippen LogP) is 2.79. The van der Waals surface area contributed by atoms with Crippen LogP contribution in [0.5, 0.6) is 0 Å². The minimum absolute atomic E-state index is 0.00855. The number of aliphatic hydroxyl groups is 1. The summed E-state index contributed by atoms with van der Waals surface area (Å²) in [5.41, 5.74) is 1.12. The van der Waals surface area contributed by atoms with Crippen LogP contribution in [0.2, 0.25) is 0 Å². The first kappa shape index (κ1) is 13.6. The number of piperidine rings is 1. The van der Waals surface area contributed by atoms with Crippen molar-refractivity contribution >= 4 is 5.57 Å². The Hall–Kier alpha value is -1.33. The molecule has 2 nitrogen and oxygen atoms in total. The maximum Gasteiger partial charge on any atom is 0.416 e. The van der Waals surface area contributed by atoms with Crippen molar-refractivity contribution in [1.82, 2.24) is 4.90 Å². The van der Waals surface area contributed by atoms with Gasteiger partial charge in [0.2, 0.25) is 0 Å². The van der Waals surface area contributed by atoms with E-state index in [0.717, 1.165) is 49.3 Å². The van der Waals surface area contributed by atoms with Crippen LogP contribution >= 0.6 is 0 Å². The summed E-state index contributed by atoms with van der Waals surface area (Å²) in [6.45, 7) is 2.47. The first-order valence-corrected chi connectivity index (χ1v) is 6.73. The Morgan fingerprint density at radius 3 is 2.50 bits per heavy atom. The van der Waals surface area contributed by atoms with Crippen LogP contribution in [0, 0.1) is 5.92 Å². The monoisotopic (exact) mass is 283 g/mol. The summed E-state index contributed by atoms with van der Waals surface area (Å²) in [7, 11) is 0. The van der Waals surface area contributed by atoms with E-state index < -0.39 is 17.8 Å². The van der Waals surface area contributed by atoms with Gasteiger partial charge in [-0.2, -0.15) is 13.2 Å². The van der Waals surface area contributed by atoms with Gasteiger partial charge in [0, 0.05) is 25.6 Å². The van der Waals surface area contributed by atoms with E-state index in [4.69, 9.17) is 0 Å². The van der Waals surface area contributed by atoms with Crippen molar-refractivity contribution < 1.29 is 18.3 Å². The first-order valence-electron chi connectivity index (χ1n) is 6.73. The van der Waals surface area contributed by atoms with Gasteiger partial charge in [-0.05, 0) is 29.7 Å². The molecule has 2 heterocycles. The third kappa shape index (κ3) is 2.47. The zero-order chi connectivity index (χ0) is 14.3. The van der Waals surface area contributed by atoms with E-state index in [2.05, 4.69) is 4.90 Å². The third-order valence-electron chi connectivity index (χ3n) is 4.17. The second kappa shape index (κ2) is 4.90. The lowest BCUT2D eigenvalue weighted by atomic mass is 9.81. The SMILES string of the molecule is O[C@@H]1CCN2CC=C(c3ccc(C(F)(F)F)cc3)[C@H]1C2. The van der Waals surface area contributed by atoms with E-state index in [1.807, 2.05) is 6.08 Å². The first-order chi connectivity index (χ1) is 9.45. The molecule has 0 amide bonds. The summed E-state index contributed by atoms with van der Waals surface area (Å²) in [5, 5.41) is 10.1. The number of halogens is 3. The van der Waals surface area contributed by atoms with Crippen molar-refractivity contribution in [3.8, 4) is 0 Å². The minimum atomic E-state index is -4.30. The van der Waals surface area contributed by atoms with Gasteiger partial charge in [-0.25, -0.2) is 0 Å². The highest BCUT2D eigenvalue weighted by molar-refractivity contribution is 5.69. The molecule has 20 heavy (non-hydrogen) atoms. The molecule has 1 aromatic rings. The van der Waals surface area contributed by atoms with Gasteiger partial charge in [-0.15, -0.1) is 0 Å². The van der Waals surface area contributed by atoms with Gasteiger partial charge in [-0.3, -0.25) is 4.90 Å². The van der Waals surface area contributed by atoms with Gasteiger partial charge in [0.25, 0.3) is 0 Å². The average molecular weight is 283 g/mol. The van der Waals surface area contributed by atoms with Gasteiger partial charge in [0.1, 0.15) is 0 Å². The average Bonchev–Trinajstić information content (AvgIpc) is 2.43. The topological polar surface area (TPSA) is 23.5 Å². The van der Waals surface area contributed by atoms with E-state index in [1.165, 1.54) is 12.1 Å². The number of nitrogens with zero attached hydrogens (tertiary/aromatic N) is 1. The Bertz CT molecular complexity index is 521. The quantitative estimate of drug-likeness (QED) is 0.856. The molecule has 0 saturated carbocycles. The van der Waals surface area contributed by atoms with E-state index in [-0.39, 0.29) is 5.92 Å². The molecule has 2 aliphatic heterocycles. The Labute approximate surface area is 115 Å². The lowest BCUT2D eigenvalue weighted by Crippen LogP contribution is -2.46. The Morgan fingerprint density at radius 1 is 1.15 bits per heavy atom. The van der Waals surface area contributed by atoms with Crippen molar-refractivity contribution in [2.75, 3.05) is 19.6 Å². The molecular weight excluding hydrogens is 267 g/mol. The zero-order valence-electron chi connectivity index (χ0n) is 10.9. The molecule has 3 atom stereocenters. The summed E-state index contributed by atoms with van der Waals surface area (Å²) in [4.78, 5) is 2.25. The molecule has 108 valence electrons. The zero-order valence-corrected chi connectivity index (χ0v) is 10.9. The highest BCUT2D eigenvalue weighted by atomic mass is 19.4. The van der Waals surface area contributed by atoms with Gasteiger partial charge in [0.15, 0.2) is 0 Å². The molecule has 3 rings (SSSR count). The molecule has 1 N–H and O–H groups in total. The van der Waals surface area contributed by atoms with Crippen molar-refractivity contribution in [3.63, 3.8) is 0 Å². The second-order valence-electron chi connectivity index (χ2n) is 5.46. The lowest BCUT2D eigenvalue weighted by molar-refractivity contribution is -0.137. The maximum atomic E-state index is 12.6. The third-order valence-corrected chi connectivity index (χ3v) is 4.17. The molecule has 0 spiro atoms. The van der Waals surface area contributed by atoms with Crippen LogP contribution in [0.15, 0.2) is 30.3 Å². The number of fused-ring (bicyclic) bond motifs is 2. The Morgan fingerprint density at radius 2 is 1.85 bits per heavy atom. The minimum Gasteiger partial charge on any atom is -0.392 e. The van der Waals surface area contributed by atoms with Crippen molar-refractivity contribution in [2.24, 2.45) is 5.92 Å². The van der Waals surface area contributed by atoms with Crippen LogP contribution in [0.25, 0.3) is 5.57 Å². The summed E-state index contributed by atoms with van der Waals surface area (Å²) >= 11 is 0. The number of alkyl halides is 3. The number of hydrogen-bond acceptors (Lipinski definition) is 2. The number of benzene rings is 1. The second-order valence-corrected chi connectivity index (χ2v) is 5.46. The summed E-state index contributed by atoms with van der Waals surface area (Å²) < 4.78 is 37.7. The molecule has 2 bridgehead atoms. The highest BCUT2D eigenvalue weighted by Crippen LogP contribution is 2.36. The smallest absolute Gasteiger partial charge is 0.392 e. The van der Waals surface area contributed by atoms with Gasteiger partial charge in [0.05, 0.1) is 11.7 Å². The van der Waals surface area contributed by atoms with Gasteiger partial charge >= 0.3 is 6.18 Å². The molecule has 0 aliphatic carbocycles. The van der Waals surface area contributed by atoms with Crippen LogP contribution in [-0.2, 0) is 6.18 Å². The van der Waals surface area contributed by atoms with Crippen LogP contribution in [0.3, 0.4) is 0 Å². The molecule has 1 saturated heterocycles. The Kier molecular flexibility index (Phi) is 3.34. The van der Waals surface area contributed by atoms with Crippen LogP contribution in [-0.4, -0.2) is 35.7 Å². The van der Waals surface area contributed by atoms with E-state index in [9.17, 15) is 18.3 Å². The fraction of sp³-hybridized carbons (Fsp3) is 0.467. The number of aliphatic hydroxyl groups excluding tert-OH is 1. The van der Waals surface area contributed by atoms with E-state index >= 15 is 0 Å². The van der Waals surface area contributed by atoms with Crippen LogP contribution in [0.1, 0.15) is 17.5 Å². The number of rotatable bonds is 1. The van der Waals surface area contributed by atoms with Crippen LogP contribution < -0.4 is 0 Å². The highest BCUT2D eigenvalue weighted by Gasteiger charge is 2.34. The van der Waals surface area contributed by atoms with E-state index in [1.54, 1.807) is 0 Å². The summed E-state index contributed by atoms with van der Waals surface area (Å²) in [6, 6.07) is 5.23. The largest absolute Gasteiger partial charge is 0.416 e. The molecule has 0 aromatic heterocycles. The lowest BCUT2D eigenvalue weighted by Gasteiger charge is -2.40. The molecule has 1 aromatic carbocycles. The molecule has 2 aliphatic rings. The fourth-order valence-electron chi connectivity index (χ4n) is 3.04. The van der Waals surface area contributed by atoms with Crippen molar-refractivity contribution in [3.05, 3.63) is 41.5 Å². The van der Waals surface area contributed by atoms with Crippen molar-refractivity contribution in [1.29, 1.82) is 0 Å². The molecule has 1 fully saturated rings. The molecular formula is C15H16F3NO. The Balaban J connectivity index is 1.89. The van der Waals surface area contributed by atoms with Gasteiger partial charge < -0.3 is 5.11 Å². The molecule has 0 radical (unpaired) electrons. The fourth-order valence-corrected chi connectivity index (χ4v) is 3.04. The maximum absolute atomic E-state index is 12.6. The summed E-state index contributed by atoms with van der Waals surface area (Å²) in [6.07, 6.45) is -1.96. The molecule has 5 heteroatoms. The standard InChI is InChI=1S/C15H16F3NO/c16-15(17,18)11-3-1-10(2-4-11)12-5-7-19-8-6-14(20)13(12)9-19/h1-5,13-14,20H,6-9H2/t13-,14-/m1/s1. The molecule has 1 unspecified atom stereocenters. The summed E-state index contributed by atoms with van der Waals surface area (Å²) in [5.74, 6) is 0.00855. The normalized spacial score (nSPS) is 30.0. The predicted molar refractivity (Wildman–Crippen MR) is 70.0 cm³/mol. The van der Waals surface area contributed by atoms with Gasteiger partial charge in [-0.1, -0.05) is 18.2 Å².